The van der Waals surface area contributed by atoms with Gasteiger partial charge in [0, 0.05) is 11.1 Å². The molecule has 0 aliphatic heterocycles. The molecule has 1 rings (SSSR count). The largest absolute Gasteiger partial charge is 0.311 e. The van der Waals surface area contributed by atoms with Crippen molar-refractivity contribution in [3.63, 3.8) is 0 Å². The Bertz CT molecular complexity index is 586. The van der Waals surface area contributed by atoms with Crippen molar-refractivity contribution in [2.75, 3.05) is 0 Å². The summed E-state index contributed by atoms with van der Waals surface area (Å²) >= 11 is 0. The van der Waals surface area contributed by atoms with E-state index in [1.807, 2.05) is 0 Å². The molecule has 1 aromatic carbocycles. The van der Waals surface area contributed by atoms with E-state index in [4.69, 9.17) is 0 Å². The Morgan fingerprint density at radius 2 is 1.79 bits per heavy atom. The summed E-state index contributed by atoms with van der Waals surface area (Å²) < 4.78 is 40.2. The number of hydrogen-bond acceptors (Lipinski definition) is 4. The number of benzene rings is 1. The first kappa shape index (κ1) is 14.8. The molecule has 0 spiro atoms. The van der Waals surface area contributed by atoms with Gasteiger partial charge in [0.25, 0.3) is 0 Å². The zero-order valence-electron chi connectivity index (χ0n) is 9.87. The maximum atomic E-state index is 13.6. The Balaban J connectivity index is 3.79. The van der Waals surface area contributed by atoms with Crippen LogP contribution in [0.3, 0.4) is 0 Å². The smallest absolute Gasteiger partial charge is 0.302 e. The average molecular weight is 275 g/mol. The van der Waals surface area contributed by atoms with E-state index < -0.39 is 50.9 Å². The second kappa shape index (κ2) is 5.17. The van der Waals surface area contributed by atoms with Crippen LogP contribution in [0, 0.1) is 34.5 Å². The maximum absolute atomic E-state index is 13.6. The number of ketones is 1. The minimum atomic E-state index is -2.08. The number of nitro groups is 1. The molecule has 0 radical (unpaired) electrons. The third kappa shape index (κ3) is 2.33. The number of nitro benzene ring substituents is 1. The van der Waals surface area contributed by atoms with Gasteiger partial charge >= 0.3 is 5.69 Å². The van der Waals surface area contributed by atoms with Gasteiger partial charge in [-0.25, -0.2) is 8.78 Å². The Kier molecular flexibility index (Phi) is 4.03. The Morgan fingerprint density at radius 3 is 2.16 bits per heavy atom. The zero-order chi connectivity index (χ0) is 14.9. The van der Waals surface area contributed by atoms with Gasteiger partial charge in [0.15, 0.2) is 5.82 Å². The molecular weight excluding hydrogens is 267 g/mol. The summed E-state index contributed by atoms with van der Waals surface area (Å²) in [5.41, 5.74) is -2.69. The molecule has 1 unspecified atom stereocenters. The van der Waals surface area contributed by atoms with Crippen LogP contribution < -0.4 is 0 Å². The summed E-state index contributed by atoms with van der Waals surface area (Å²) in [7, 11) is 0. The lowest BCUT2D eigenvalue weighted by Gasteiger charge is -2.13. The molecule has 0 aliphatic rings. The molecule has 0 fully saturated rings. The average Bonchev–Trinajstić information content (AvgIpc) is 2.31. The molecule has 0 bridgehead atoms. The summed E-state index contributed by atoms with van der Waals surface area (Å²) in [6.07, 6.45) is 0.0226. The number of carbonyl (C=O) groups excluding carboxylic acids is 2. The van der Waals surface area contributed by atoms with E-state index in [1.165, 1.54) is 0 Å². The molecule has 1 atom stereocenters. The highest BCUT2D eigenvalue weighted by Crippen LogP contribution is 2.34. The van der Waals surface area contributed by atoms with Crippen molar-refractivity contribution in [3.8, 4) is 0 Å². The second-order valence-corrected chi connectivity index (χ2v) is 3.81. The molecule has 0 amide bonds. The van der Waals surface area contributed by atoms with Crippen molar-refractivity contribution >= 4 is 17.8 Å². The van der Waals surface area contributed by atoms with Crippen LogP contribution in [0.25, 0.3) is 0 Å². The molecule has 0 N–H and O–H groups in total. The summed E-state index contributed by atoms with van der Waals surface area (Å²) in [5, 5.41) is 10.6. The van der Waals surface area contributed by atoms with Gasteiger partial charge in [-0.15, -0.1) is 0 Å². The molecule has 102 valence electrons. The summed E-state index contributed by atoms with van der Waals surface area (Å²) in [4.78, 5) is 31.3. The van der Waals surface area contributed by atoms with Crippen LogP contribution in [-0.4, -0.2) is 17.0 Å². The minimum absolute atomic E-state index is 0.0226. The van der Waals surface area contributed by atoms with Crippen molar-refractivity contribution in [2.45, 2.75) is 19.8 Å². The van der Waals surface area contributed by atoms with Gasteiger partial charge in [-0.1, -0.05) is 0 Å². The number of carbonyl (C=O) groups is 2. The third-order valence-electron chi connectivity index (χ3n) is 2.66. The molecule has 5 nitrogen and oxygen atoms in total. The van der Waals surface area contributed by atoms with Crippen LogP contribution in [0.1, 0.15) is 24.0 Å². The van der Waals surface area contributed by atoms with E-state index in [9.17, 15) is 32.9 Å². The van der Waals surface area contributed by atoms with Crippen LogP contribution in [0.15, 0.2) is 0 Å². The Morgan fingerprint density at radius 1 is 1.26 bits per heavy atom. The number of hydrogen-bond donors (Lipinski definition) is 0. The first-order chi connectivity index (χ1) is 8.73. The lowest BCUT2D eigenvalue weighted by Crippen LogP contribution is -2.17. The van der Waals surface area contributed by atoms with Gasteiger partial charge < -0.3 is 4.79 Å². The second-order valence-electron chi connectivity index (χ2n) is 3.81. The highest BCUT2D eigenvalue weighted by molar-refractivity contribution is 5.98. The van der Waals surface area contributed by atoms with Crippen LogP contribution in [0.4, 0.5) is 18.9 Å². The molecule has 0 saturated heterocycles. The summed E-state index contributed by atoms with van der Waals surface area (Å²) in [5.74, 6) is -8.36. The molecule has 19 heavy (non-hydrogen) atoms. The molecule has 8 heteroatoms. The summed E-state index contributed by atoms with van der Waals surface area (Å²) in [6.45, 7) is 1.88. The van der Waals surface area contributed by atoms with Gasteiger partial charge in [-0.05, 0) is 13.8 Å². The van der Waals surface area contributed by atoms with E-state index in [0.29, 0.717) is 0 Å². The van der Waals surface area contributed by atoms with Crippen molar-refractivity contribution in [2.24, 2.45) is 0 Å². The SMILES string of the molecule is CC(=O)C(C=O)c1c(C)c([N+](=O)[O-])c(F)c(F)c1F. The van der Waals surface area contributed by atoms with Crippen LogP contribution in [0.5, 0.6) is 0 Å². The van der Waals surface area contributed by atoms with Crippen LogP contribution in [-0.2, 0) is 9.59 Å². The predicted octanol–water partition coefficient (Wildman–Crippen LogP) is 2.19. The van der Waals surface area contributed by atoms with Gasteiger partial charge in [0.2, 0.25) is 11.6 Å². The van der Waals surface area contributed by atoms with Gasteiger partial charge in [-0.3, -0.25) is 14.9 Å². The topological polar surface area (TPSA) is 77.3 Å². The molecule has 1 aromatic rings. The van der Waals surface area contributed by atoms with Crippen LogP contribution >= 0.6 is 0 Å². The lowest BCUT2D eigenvalue weighted by atomic mass is 9.91. The molecular formula is C11H8F3NO4. The van der Waals surface area contributed by atoms with Crippen LogP contribution in [0.2, 0.25) is 0 Å². The first-order valence-corrected chi connectivity index (χ1v) is 5.01. The zero-order valence-corrected chi connectivity index (χ0v) is 9.87. The van der Waals surface area contributed by atoms with E-state index in [-0.39, 0.29) is 6.29 Å². The van der Waals surface area contributed by atoms with Gasteiger partial charge in [0.05, 0.1) is 4.92 Å². The molecule has 0 aromatic heterocycles. The number of rotatable bonds is 4. The van der Waals surface area contributed by atoms with E-state index in [0.717, 1.165) is 13.8 Å². The normalized spacial score (nSPS) is 12.1. The van der Waals surface area contributed by atoms with Crippen molar-refractivity contribution < 1.29 is 27.7 Å². The van der Waals surface area contributed by atoms with E-state index in [2.05, 4.69) is 0 Å². The standard InChI is InChI=1S/C11H8F3NO4/c1-4-7(6(3-16)5(2)17)8(12)9(13)10(14)11(4)15(18)19/h3,6H,1-2H3. The van der Waals surface area contributed by atoms with Crippen molar-refractivity contribution in [1.29, 1.82) is 0 Å². The van der Waals surface area contributed by atoms with Gasteiger partial charge in [-0.2, -0.15) is 4.39 Å². The fourth-order valence-electron chi connectivity index (χ4n) is 1.73. The monoisotopic (exact) mass is 275 g/mol. The van der Waals surface area contributed by atoms with Crippen molar-refractivity contribution in [3.05, 3.63) is 38.7 Å². The number of aldehydes is 1. The predicted molar refractivity (Wildman–Crippen MR) is 57.2 cm³/mol. The molecule has 0 heterocycles. The maximum Gasteiger partial charge on any atom is 0.311 e. The Labute approximate surface area is 105 Å². The Hall–Kier alpha value is -2.25. The quantitative estimate of drug-likeness (QED) is 0.277. The summed E-state index contributed by atoms with van der Waals surface area (Å²) in [6, 6.07) is 0. The highest BCUT2D eigenvalue weighted by atomic mass is 19.2. The van der Waals surface area contributed by atoms with Crippen molar-refractivity contribution in [1.82, 2.24) is 0 Å². The lowest BCUT2D eigenvalue weighted by molar-refractivity contribution is -0.388. The highest BCUT2D eigenvalue weighted by Gasteiger charge is 2.34. The first-order valence-electron chi connectivity index (χ1n) is 5.01. The molecule has 0 saturated carbocycles. The fourth-order valence-corrected chi connectivity index (χ4v) is 1.73. The van der Waals surface area contributed by atoms with E-state index >= 15 is 0 Å². The fraction of sp³-hybridized carbons (Fsp3) is 0.273. The number of halogens is 3. The molecule has 0 aliphatic carbocycles. The third-order valence-corrected chi connectivity index (χ3v) is 2.66. The van der Waals surface area contributed by atoms with Gasteiger partial charge in [0.1, 0.15) is 18.0 Å². The van der Waals surface area contributed by atoms with E-state index in [1.54, 1.807) is 0 Å². The minimum Gasteiger partial charge on any atom is -0.302 e. The number of Topliss-reactive ketones (excluding diaryl/α,β-unsaturated/α-hetero) is 1. The number of nitrogens with zero attached hydrogens (tertiary/aromatic N) is 1.